The molecule has 1 aromatic heterocycles. The van der Waals surface area contributed by atoms with Gasteiger partial charge >= 0.3 is 5.97 Å². The van der Waals surface area contributed by atoms with Crippen LogP contribution in [0.3, 0.4) is 0 Å². The number of hydrogen-bond donors (Lipinski definition) is 0. The third-order valence-electron chi connectivity index (χ3n) is 5.38. The zero-order valence-corrected chi connectivity index (χ0v) is 18.9. The Labute approximate surface area is 190 Å². The highest BCUT2D eigenvalue weighted by Gasteiger charge is 2.34. The molecule has 1 atom stereocenters. The quantitative estimate of drug-likeness (QED) is 0.380. The molecule has 0 bridgehead atoms. The molecule has 3 rings (SSSR count). The van der Waals surface area contributed by atoms with Crippen LogP contribution in [-0.2, 0) is 4.74 Å². The van der Waals surface area contributed by atoms with Gasteiger partial charge in [0.1, 0.15) is 17.1 Å². The molecule has 1 aromatic carbocycles. The Kier molecular flexibility index (Phi) is 7.00. The number of piperazine rings is 1. The summed E-state index contributed by atoms with van der Waals surface area (Å²) in [5.41, 5.74) is 0.636. The first-order valence-electron chi connectivity index (χ1n) is 10.5. The number of esters is 1. The Hall–Kier alpha value is -3.89. The molecular formula is C22H25N5O6. The van der Waals surface area contributed by atoms with Crippen LogP contribution in [-0.4, -0.2) is 74.8 Å². The second-order valence-electron chi connectivity index (χ2n) is 7.70. The van der Waals surface area contributed by atoms with Gasteiger partial charge in [0.05, 0.1) is 17.2 Å². The number of non-ortho nitro benzene ring substituents is 1. The van der Waals surface area contributed by atoms with Crippen molar-refractivity contribution in [3.63, 3.8) is 0 Å². The van der Waals surface area contributed by atoms with Crippen molar-refractivity contribution < 1.29 is 24.0 Å². The van der Waals surface area contributed by atoms with Gasteiger partial charge in [0.25, 0.3) is 17.5 Å². The van der Waals surface area contributed by atoms with E-state index in [2.05, 4.69) is 9.97 Å². The molecule has 2 heterocycles. The largest absolute Gasteiger partial charge is 0.462 e. The summed E-state index contributed by atoms with van der Waals surface area (Å²) in [6, 6.07) is 5.09. The lowest BCUT2D eigenvalue weighted by atomic mass is 10.1. The SMILES string of the molecule is CCOC(=O)c1c(C)nc(C)nc1C(=O)N1CCN(C(=O)c2ccc([N+](=O)[O-])cc2)C(C)C1. The maximum atomic E-state index is 13.3. The predicted molar refractivity (Wildman–Crippen MR) is 117 cm³/mol. The summed E-state index contributed by atoms with van der Waals surface area (Å²) in [4.78, 5) is 60.5. The van der Waals surface area contributed by atoms with Gasteiger partial charge in [-0.2, -0.15) is 0 Å². The second kappa shape index (κ2) is 9.72. The number of nitro groups is 1. The average molecular weight is 455 g/mol. The van der Waals surface area contributed by atoms with Crippen LogP contribution in [0.25, 0.3) is 0 Å². The zero-order valence-electron chi connectivity index (χ0n) is 18.9. The molecule has 33 heavy (non-hydrogen) atoms. The highest BCUT2D eigenvalue weighted by atomic mass is 16.6. The molecule has 0 spiro atoms. The Morgan fingerprint density at radius 2 is 1.79 bits per heavy atom. The molecule has 0 aliphatic carbocycles. The van der Waals surface area contributed by atoms with Crippen LogP contribution in [0.2, 0.25) is 0 Å². The van der Waals surface area contributed by atoms with E-state index in [9.17, 15) is 24.5 Å². The number of hydrogen-bond acceptors (Lipinski definition) is 8. The molecule has 1 aliphatic rings. The first-order valence-corrected chi connectivity index (χ1v) is 10.5. The zero-order chi connectivity index (χ0) is 24.3. The van der Waals surface area contributed by atoms with E-state index in [4.69, 9.17) is 4.74 Å². The number of nitrogens with zero attached hydrogens (tertiary/aromatic N) is 5. The lowest BCUT2D eigenvalue weighted by Crippen LogP contribution is -2.55. The lowest BCUT2D eigenvalue weighted by Gasteiger charge is -2.40. The van der Waals surface area contributed by atoms with E-state index in [0.717, 1.165) is 0 Å². The molecule has 2 aromatic rings. The van der Waals surface area contributed by atoms with Crippen LogP contribution in [0.4, 0.5) is 5.69 Å². The standard InChI is InChI=1S/C22H25N5O6/c1-5-33-22(30)18-14(3)23-15(4)24-19(18)21(29)25-10-11-26(13(2)12-25)20(28)16-6-8-17(9-7-16)27(31)32/h6-9,13H,5,10-12H2,1-4H3. The van der Waals surface area contributed by atoms with Gasteiger partial charge in [0.2, 0.25) is 0 Å². The van der Waals surface area contributed by atoms with Gasteiger partial charge in [0, 0.05) is 43.4 Å². The number of carbonyl (C=O) groups is 3. The van der Waals surface area contributed by atoms with E-state index in [0.29, 0.717) is 17.1 Å². The van der Waals surface area contributed by atoms with Crippen molar-refractivity contribution in [3.8, 4) is 0 Å². The van der Waals surface area contributed by atoms with Crippen molar-refractivity contribution in [2.75, 3.05) is 26.2 Å². The maximum Gasteiger partial charge on any atom is 0.342 e. The Bertz CT molecular complexity index is 1100. The Morgan fingerprint density at radius 3 is 2.36 bits per heavy atom. The van der Waals surface area contributed by atoms with E-state index in [-0.39, 0.29) is 55.1 Å². The molecule has 11 nitrogen and oxygen atoms in total. The second-order valence-corrected chi connectivity index (χ2v) is 7.70. The van der Waals surface area contributed by atoms with Gasteiger partial charge in [-0.25, -0.2) is 14.8 Å². The minimum atomic E-state index is -0.654. The van der Waals surface area contributed by atoms with Crippen LogP contribution in [0.1, 0.15) is 56.6 Å². The summed E-state index contributed by atoms with van der Waals surface area (Å²) in [5.74, 6) is -0.992. The number of ether oxygens (including phenoxy) is 1. The molecule has 0 saturated carbocycles. The minimum Gasteiger partial charge on any atom is -0.462 e. The maximum absolute atomic E-state index is 13.3. The van der Waals surface area contributed by atoms with Crippen molar-refractivity contribution in [1.82, 2.24) is 19.8 Å². The monoisotopic (exact) mass is 455 g/mol. The number of rotatable bonds is 5. The van der Waals surface area contributed by atoms with E-state index < -0.39 is 16.8 Å². The normalized spacial score (nSPS) is 15.8. The molecular weight excluding hydrogens is 430 g/mol. The summed E-state index contributed by atoms with van der Waals surface area (Å²) in [6.45, 7) is 7.65. The van der Waals surface area contributed by atoms with Crippen molar-refractivity contribution in [2.24, 2.45) is 0 Å². The van der Waals surface area contributed by atoms with Crippen molar-refractivity contribution >= 4 is 23.5 Å². The topological polar surface area (TPSA) is 136 Å². The van der Waals surface area contributed by atoms with Crippen LogP contribution >= 0.6 is 0 Å². The highest BCUT2D eigenvalue weighted by Crippen LogP contribution is 2.20. The van der Waals surface area contributed by atoms with Crippen LogP contribution < -0.4 is 0 Å². The lowest BCUT2D eigenvalue weighted by molar-refractivity contribution is -0.384. The van der Waals surface area contributed by atoms with E-state index in [1.807, 2.05) is 6.92 Å². The van der Waals surface area contributed by atoms with Crippen molar-refractivity contribution in [1.29, 1.82) is 0 Å². The molecule has 174 valence electrons. The van der Waals surface area contributed by atoms with E-state index >= 15 is 0 Å². The van der Waals surface area contributed by atoms with Gasteiger partial charge in [-0.3, -0.25) is 19.7 Å². The van der Waals surface area contributed by atoms with Gasteiger partial charge < -0.3 is 14.5 Å². The number of aryl methyl sites for hydroxylation is 2. The first-order chi connectivity index (χ1) is 15.6. The Morgan fingerprint density at radius 1 is 1.12 bits per heavy atom. The summed E-state index contributed by atoms with van der Waals surface area (Å²) < 4.78 is 5.08. The van der Waals surface area contributed by atoms with Crippen LogP contribution in [0, 0.1) is 24.0 Å². The van der Waals surface area contributed by atoms with Gasteiger partial charge in [-0.05, 0) is 39.8 Å². The minimum absolute atomic E-state index is 0.0132. The van der Waals surface area contributed by atoms with E-state index in [1.165, 1.54) is 24.3 Å². The summed E-state index contributed by atoms with van der Waals surface area (Å²) in [5, 5.41) is 10.8. The summed E-state index contributed by atoms with van der Waals surface area (Å²) in [7, 11) is 0. The fourth-order valence-electron chi connectivity index (χ4n) is 3.80. The smallest absolute Gasteiger partial charge is 0.342 e. The molecule has 11 heteroatoms. The predicted octanol–water partition coefficient (Wildman–Crippen LogP) is 2.17. The Balaban J connectivity index is 1.78. The molecule has 1 fully saturated rings. The molecule has 0 radical (unpaired) electrons. The number of amides is 2. The third-order valence-corrected chi connectivity index (χ3v) is 5.38. The van der Waals surface area contributed by atoms with Crippen LogP contribution in [0.15, 0.2) is 24.3 Å². The molecule has 0 N–H and O–H groups in total. The summed E-state index contributed by atoms with van der Waals surface area (Å²) in [6.07, 6.45) is 0. The van der Waals surface area contributed by atoms with Crippen molar-refractivity contribution in [2.45, 2.75) is 33.7 Å². The third kappa shape index (κ3) is 4.97. The van der Waals surface area contributed by atoms with Gasteiger partial charge in [-0.15, -0.1) is 0 Å². The molecule has 1 unspecified atom stereocenters. The van der Waals surface area contributed by atoms with Gasteiger partial charge in [-0.1, -0.05) is 0 Å². The molecule has 2 amide bonds. The number of nitro benzene ring substituents is 1. The first kappa shape index (κ1) is 23.8. The van der Waals surface area contributed by atoms with Crippen molar-refractivity contribution in [3.05, 3.63) is 62.7 Å². The fourth-order valence-corrected chi connectivity index (χ4v) is 3.80. The fraction of sp³-hybridized carbons (Fsp3) is 0.409. The number of benzene rings is 1. The summed E-state index contributed by atoms with van der Waals surface area (Å²) >= 11 is 0. The van der Waals surface area contributed by atoms with Gasteiger partial charge in [0.15, 0.2) is 0 Å². The highest BCUT2D eigenvalue weighted by molar-refractivity contribution is 6.04. The van der Waals surface area contributed by atoms with E-state index in [1.54, 1.807) is 30.6 Å². The average Bonchev–Trinajstić information content (AvgIpc) is 2.77. The molecule has 1 aliphatic heterocycles. The number of carbonyl (C=O) groups excluding carboxylic acids is 3. The molecule has 1 saturated heterocycles. The number of aromatic nitrogens is 2. The van der Waals surface area contributed by atoms with Crippen LogP contribution in [0.5, 0.6) is 0 Å².